The van der Waals surface area contributed by atoms with Crippen molar-refractivity contribution in [2.24, 2.45) is 11.5 Å². The minimum Gasteiger partial charge on any atom is -1.00 e. The molecule has 0 aliphatic heterocycles. The van der Waals surface area contributed by atoms with E-state index in [1.165, 1.54) is 0 Å². The van der Waals surface area contributed by atoms with E-state index in [1.54, 1.807) is 0 Å². The van der Waals surface area contributed by atoms with E-state index < -0.39 is 5.97 Å². The first kappa shape index (κ1) is 16.2. The Kier molecular flexibility index (Phi) is 28.4. The summed E-state index contributed by atoms with van der Waals surface area (Å²) < 4.78 is 0. The zero-order valence-electron chi connectivity index (χ0n) is 6.92. The summed E-state index contributed by atoms with van der Waals surface area (Å²) in [6.45, 7) is 2.28. The summed E-state index contributed by atoms with van der Waals surface area (Å²) >= 11 is 0. The van der Waals surface area contributed by atoms with Crippen molar-refractivity contribution in [1.29, 1.82) is 0 Å². The molecule has 0 saturated carbocycles. The molecular weight excluding hydrogens is 131 g/mol. The second-order valence-electron chi connectivity index (χ2n) is 1.10. The van der Waals surface area contributed by atoms with Crippen molar-refractivity contribution in [1.82, 2.24) is 0 Å². The Morgan fingerprint density at radius 2 is 1.67 bits per heavy atom. The van der Waals surface area contributed by atoms with Crippen LogP contribution < -0.4 is 41.0 Å². The first-order chi connectivity index (χ1) is 3.65. The van der Waals surface area contributed by atoms with Crippen LogP contribution in [0.1, 0.15) is 8.35 Å². The van der Waals surface area contributed by atoms with Crippen LogP contribution in [0.2, 0.25) is 0 Å². The molecule has 0 fully saturated rings. The maximum atomic E-state index is 9.00. The minimum atomic E-state index is -0.833. The molecule has 0 rings (SSSR count). The average molecular weight is 144 g/mol. The van der Waals surface area contributed by atoms with Crippen LogP contribution in [-0.2, 0) is 4.79 Å². The molecular formula is C4H13N2NaO2. The number of carboxylic acids is 1. The average Bonchev–Trinajstić information content (AvgIpc) is 1.65. The molecule has 0 radical (unpaired) electrons. The molecule has 0 heterocycles. The zero-order chi connectivity index (χ0) is 6.99. The smallest absolute Gasteiger partial charge is 1.00 e. The van der Waals surface area contributed by atoms with E-state index in [9.17, 15) is 0 Å². The minimum absolute atomic E-state index is 0. The molecule has 0 aromatic carbocycles. The van der Waals surface area contributed by atoms with Gasteiger partial charge in [-0.3, -0.25) is 4.79 Å². The third-order valence-electron chi connectivity index (χ3n) is 0.167. The molecule has 52 valence electrons. The van der Waals surface area contributed by atoms with Crippen molar-refractivity contribution in [2.75, 3.05) is 13.1 Å². The molecule has 0 aliphatic rings. The van der Waals surface area contributed by atoms with Gasteiger partial charge >= 0.3 is 29.6 Å². The Morgan fingerprint density at radius 1 is 1.56 bits per heavy atom. The second-order valence-corrected chi connectivity index (χ2v) is 1.10. The normalized spacial score (nSPS) is 6.11. The second kappa shape index (κ2) is 15.8. The number of hydrogen-bond donors (Lipinski definition) is 3. The van der Waals surface area contributed by atoms with E-state index in [0.29, 0.717) is 13.1 Å². The molecule has 0 bridgehead atoms. The third kappa shape index (κ3) is 177. The van der Waals surface area contributed by atoms with Crippen molar-refractivity contribution < 1.29 is 40.9 Å². The van der Waals surface area contributed by atoms with Crippen molar-refractivity contribution in [2.45, 2.75) is 6.92 Å². The third-order valence-corrected chi connectivity index (χ3v) is 0.167. The summed E-state index contributed by atoms with van der Waals surface area (Å²) in [5, 5.41) is 7.42. The Labute approximate surface area is 78.4 Å². The monoisotopic (exact) mass is 144 g/mol. The van der Waals surface area contributed by atoms with Crippen molar-refractivity contribution >= 4 is 5.97 Å². The Balaban J connectivity index is -0.0000000300. The molecule has 0 aromatic heterocycles. The van der Waals surface area contributed by atoms with Crippen LogP contribution in [-0.4, -0.2) is 24.2 Å². The van der Waals surface area contributed by atoms with Gasteiger partial charge in [-0.05, 0) is 0 Å². The van der Waals surface area contributed by atoms with Crippen LogP contribution in [0.15, 0.2) is 0 Å². The SMILES string of the molecule is CC(=O)O.NCCN.[H-].[Na+]. The maximum absolute atomic E-state index is 9.00. The number of carbonyl (C=O) groups is 1. The first-order valence-corrected chi connectivity index (χ1v) is 2.24. The molecule has 0 aliphatic carbocycles. The van der Waals surface area contributed by atoms with Crippen molar-refractivity contribution in [3.05, 3.63) is 0 Å². The van der Waals surface area contributed by atoms with Crippen LogP contribution in [0.3, 0.4) is 0 Å². The van der Waals surface area contributed by atoms with E-state index in [4.69, 9.17) is 21.4 Å². The van der Waals surface area contributed by atoms with E-state index in [0.717, 1.165) is 6.92 Å². The van der Waals surface area contributed by atoms with Crippen molar-refractivity contribution in [3.63, 3.8) is 0 Å². The zero-order valence-corrected chi connectivity index (χ0v) is 7.92. The van der Waals surface area contributed by atoms with Gasteiger partial charge in [0.25, 0.3) is 5.97 Å². The summed E-state index contributed by atoms with van der Waals surface area (Å²) in [6, 6.07) is 0. The largest absolute Gasteiger partial charge is 1.00 e. The number of rotatable bonds is 1. The summed E-state index contributed by atoms with van der Waals surface area (Å²) in [7, 11) is 0. The van der Waals surface area contributed by atoms with E-state index >= 15 is 0 Å². The molecule has 0 aromatic rings. The maximum Gasteiger partial charge on any atom is 1.00 e. The molecule has 0 amide bonds. The molecule has 0 atom stereocenters. The van der Waals surface area contributed by atoms with Gasteiger partial charge in [-0.1, -0.05) is 0 Å². The van der Waals surface area contributed by atoms with Gasteiger partial charge in [0, 0.05) is 20.0 Å². The van der Waals surface area contributed by atoms with E-state index in [1.807, 2.05) is 0 Å². The Hall–Kier alpha value is 0.390. The van der Waals surface area contributed by atoms with Crippen LogP contribution in [0.25, 0.3) is 0 Å². The number of carboxylic acid groups (broad SMARTS) is 1. The topological polar surface area (TPSA) is 89.3 Å². The molecule has 5 N–H and O–H groups in total. The summed E-state index contributed by atoms with van der Waals surface area (Å²) in [6.07, 6.45) is 0. The predicted molar refractivity (Wildman–Crippen MR) is 32.5 cm³/mol. The van der Waals surface area contributed by atoms with Gasteiger partial charge in [-0.2, -0.15) is 0 Å². The van der Waals surface area contributed by atoms with Crippen LogP contribution in [0, 0.1) is 0 Å². The molecule has 0 unspecified atom stereocenters. The summed E-state index contributed by atoms with van der Waals surface area (Å²) in [4.78, 5) is 9.00. The van der Waals surface area contributed by atoms with Gasteiger partial charge in [0.05, 0.1) is 0 Å². The molecule has 0 saturated heterocycles. The Bertz CT molecular complexity index is 59.2. The van der Waals surface area contributed by atoms with Gasteiger partial charge in [0.15, 0.2) is 0 Å². The fourth-order valence-electron chi connectivity index (χ4n) is 0. The van der Waals surface area contributed by atoms with Gasteiger partial charge in [0.1, 0.15) is 0 Å². The quantitative estimate of drug-likeness (QED) is 0.328. The number of hydrogen-bond acceptors (Lipinski definition) is 3. The van der Waals surface area contributed by atoms with Crippen LogP contribution in [0.4, 0.5) is 0 Å². The summed E-state index contributed by atoms with van der Waals surface area (Å²) in [5.41, 5.74) is 9.81. The van der Waals surface area contributed by atoms with Crippen molar-refractivity contribution in [3.8, 4) is 0 Å². The van der Waals surface area contributed by atoms with Gasteiger partial charge in [-0.25, -0.2) is 0 Å². The number of aliphatic carboxylic acids is 1. The number of nitrogens with two attached hydrogens (primary N) is 2. The van der Waals surface area contributed by atoms with Gasteiger partial charge in [-0.15, -0.1) is 0 Å². The fourth-order valence-corrected chi connectivity index (χ4v) is 0. The standard InChI is InChI=1S/C2H8N2.C2H4O2.Na.H/c3-1-2-4;1-2(3)4;;/h1-4H2;1H3,(H,3,4);;/q;;+1;-1. The fraction of sp³-hybridized carbons (Fsp3) is 0.750. The van der Waals surface area contributed by atoms with Crippen LogP contribution >= 0.6 is 0 Å². The predicted octanol–water partition coefficient (Wildman–Crippen LogP) is -3.89. The van der Waals surface area contributed by atoms with E-state index in [-0.39, 0.29) is 31.0 Å². The van der Waals surface area contributed by atoms with Crippen LogP contribution in [0.5, 0.6) is 0 Å². The van der Waals surface area contributed by atoms with Gasteiger partial charge in [0.2, 0.25) is 0 Å². The Morgan fingerprint density at radius 3 is 1.67 bits per heavy atom. The molecule has 5 heteroatoms. The molecule has 4 nitrogen and oxygen atoms in total. The van der Waals surface area contributed by atoms with E-state index in [2.05, 4.69) is 0 Å². The van der Waals surface area contributed by atoms with Gasteiger partial charge < -0.3 is 18.0 Å². The first-order valence-electron chi connectivity index (χ1n) is 2.24. The molecule has 0 spiro atoms. The summed E-state index contributed by atoms with van der Waals surface area (Å²) in [5.74, 6) is -0.833. The molecule has 9 heavy (non-hydrogen) atoms.